The van der Waals surface area contributed by atoms with Crippen molar-refractivity contribution in [2.24, 2.45) is 5.73 Å². The normalized spacial score (nSPS) is 12.4. The quantitative estimate of drug-likeness (QED) is 0.844. The van der Waals surface area contributed by atoms with Gasteiger partial charge in [0.05, 0.1) is 11.7 Å². The third kappa shape index (κ3) is 2.06. The zero-order valence-electron chi connectivity index (χ0n) is 8.40. The number of benzene rings is 1. The number of halogens is 2. The predicted octanol–water partition coefficient (Wildman–Crippen LogP) is 2.41. The van der Waals surface area contributed by atoms with Crippen LogP contribution < -0.4 is 5.73 Å². The molecule has 0 fully saturated rings. The molecule has 1 aromatic carbocycles. The first kappa shape index (κ1) is 10.7. The molecule has 2 N–H and O–H groups in total. The van der Waals surface area contributed by atoms with Crippen molar-refractivity contribution in [3.05, 3.63) is 65.5 Å². The summed E-state index contributed by atoms with van der Waals surface area (Å²) in [5, 5.41) is 0. The summed E-state index contributed by atoms with van der Waals surface area (Å²) in [6.45, 7) is 0. The van der Waals surface area contributed by atoms with E-state index >= 15 is 0 Å². The van der Waals surface area contributed by atoms with Crippen LogP contribution in [-0.4, -0.2) is 4.98 Å². The lowest BCUT2D eigenvalue weighted by Crippen LogP contribution is -2.15. The fraction of sp³-hybridized carbons (Fsp3) is 0.0833. The molecule has 2 rings (SSSR count). The zero-order valence-corrected chi connectivity index (χ0v) is 8.40. The summed E-state index contributed by atoms with van der Waals surface area (Å²) in [6, 6.07) is 7.87. The van der Waals surface area contributed by atoms with Gasteiger partial charge >= 0.3 is 0 Å². The molecule has 0 radical (unpaired) electrons. The van der Waals surface area contributed by atoms with Crippen molar-refractivity contribution in [3.8, 4) is 0 Å². The van der Waals surface area contributed by atoms with Crippen LogP contribution in [0.5, 0.6) is 0 Å². The molecule has 1 unspecified atom stereocenters. The first-order valence-electron chi connectivity index (χ1n) is 4.80. The monoisotopic (exact) mass is 220 g/mol. The van der Waals surface area contributed by atoms with Crippen molar-refractivity contribution in [3.63, 3.8) is 0 Å². The van der Waals surface area contributed by atoms with Crippen molar-refractivity contribution in [1.82, 2.24) is 4.98 Å². The summed E-state index contributed by atoms with van der Waals surface area (Å²) in [4.78, 5) is 4.03. The van der Waals surface area contributed by atoms with E-state index in [1.807, 2.05) is 0 Å². The second kappa shape index (κ2) is 4.37. The van der Waals surface area contributed by atoms with E-state index in [1.165, 1.54) is 12.1 Å². The lowest BCUT2D eigenvalue weighted by atomic mass is 10.0. The molecule has 1 atom stereocenters. The molecule has 1 heterocycles. The van der Waals surface area contributed by atoms with Gasteiger partial charge in [-0.2, -0.15) is 0 Å². The summed E-state index contributed by atoms with van der Waals surface area (Å²) in [7, 11) is 0. The molecule has 0 saturated heterocycles. The minimum atomic E-state index is -0.679. The summed E-state index contributed by atoms with van der Waals surface area (Å²) < 4.78 is 26.2. The highest BCUT2D eigenvalue weighted by Crippen LogP contribution is 2.20. The first-order chi connectivity index (χ1) is 7.68. The van der Waals surface area contributed by atoms with Crippen LogP contribution in [0.3, 0.4) is 0 Å². The molecule has 0 bridgehead atoms. The Labute approximate surface area is 91.7 Å². The van der Waals surface area contributed by atoms with Gasteiger partial charge in [-0.1, -0.05) is 12.1 Å². The summed E-state index contributed by atoms with van der Waals surface area (Å²) in [5.74, 6) is -1.27. The average Bonchev–Trinajstić information content (AvgIpc) is 2.29. The Balaban J connectivity index is 2.38. The van der Waals surface area contributed by atoms with Gasteiger partial charge in [-0.3, -0.25) is 4.98 Å². The van der Waals surface area contributed by atoms with Crippen LogP contribution in [0.4, 0.5) is 8.78 Å². The van der Waals surface area contributed by atoms with E-state index in [0.717, 1.165) is 6.07 Å². The number of rotatable bonds is 2. The Morgan fingerprint density at radius 2 is 1.94 bits per heavy atom. The molecule has 16 heavy (non-hydrogen) atoms. The van der Waals surface area contributed by atoms with Crippen molar-refractivity contribution in [1.29, 1.82) is 0 Å². The van der Waals surface area contributed by atoms with Gasteiger partial charge in [0.25, 0.3) is 0 Å². The van der Waals surface area contributed by atoms with Crippen LogP contribution in [0.1, 0.15) is 17.3 Å². The minimum Gasteiger partial charge on any atom is -0.319 e. The topological polar surface area (TPSA) is 38.9 Å². The second-order valence-corrected chi connectivity index (χ2v) is 3.40. The molecule has 0 amide bonds. The Hall–Kier alpha value is -1.81. The molecule has 4 heteroatoms. The number of aromatic nitrogens is 1. The molecule has 0 aliphatic carbocycles. The van der Waals surface area contributed by atoms with Gasteiger partial charge in [0.15, 0.2) is 0 Å². The van der Waals surface area contributed by atoms with Crippen molar-refractivity contribution in [2.45, 2.75) is 6.04 Å². The molecule has 0 saturated carbocycles. The molecule has 0 aliphatic heterocycles. The third-order valence-corrected chi connectivity index (χ3v) is 2.30. The van der Waals surface area contributed by atoms with E-state index in [9.17, 15) is 8.78 Å². The molecule has 0 spiro atoms. The standard InChI is InChI=1S/C12H10F2N2/c13-8-4-5-9(10(14)7-8)12(15)11-3-1-2-6-16-11/h1-7,12H,15H2. The van der Waals surface area contributed by atoms with Gasteiger partial charge < -0.3 is 5.73 Å². The SMILES string of the molecule is NC(c1ccccn1)c1ccc(F)cc1F. The highest BCUT2D eigenvalue weighted by atomic mass is 19.1. The Morgan fingerprint density at radius 1 is 1.12 bits per heavy atom. The van der Waals surface area contributed by atoms with E-state index in [2.05, 4.69) is 4.98 Å². The Bertz CT molecular complexity index is 486. The molecule has 0 aliphatic rings. The van der Waals surface area contributed by atoms with E-state index in [-0.39, 0.29) is 5.56 Å². The molecule has 2 nitrogen and oxygen atoms in total. The smallest absolute Gasteiger partial charge is 0.131 e. The number of hydrogen-bond acceptors (Lipinski definition) is 2. The van der Waals surface area contributed by atoms with Crippen LogP contribution >= 0.6 is 0 Å². The highest BCUT2D eigenvalue weighted by molar-refractivity contribution is 5.28. The van der Waals surface area contributed by atoms with Gasteiger partial charge in [-0.15, -0.1) is 0 Å². The zero-order chi connectivity index (χ0) is 11.5. The number of hydrogen-bond donors (Lipinski definition) is 1. The molecular formula is C12H10F2N2. The molecular weight excluding hydrogens is 210 g/mol. The Morgan fingerprint density at radius 3 is 2.56 bits per heavy atom. The Kier molecular flexibility index (Phi) is 2.92. The summed E-state index contributed by atoms with van der Waals surface area (Å²) >= 11 is 0. The van der Waals surface area contributed by atoms with Crippen LogP contribution in [0.25, 0.3) is 0 Å². The summed E-state index contributed by atoms with van der Waals surface area (Å²) in [5.41, 5.74) is 6.63. The summed E-state index contributed by atoms with van der Waals surface area (Å²) in [6.07, 6.45) is 1.58. The van der Waals surface area contributed by atoms with Crippen molar-refractivity contribution in [2.75, 3.05) is 0 Å². The number of pyridine rings is 1. The van der Waals surface area contributed by atoms with Crippen LogP contribution in [0, 0.1) is 11.6 Å². The molecule has 2 aromatic rings. The first-order valence-corrected chi connectivity index (χ1v) is 4.80. The maximum absolute atomic E-state index is 13.4. The maximum atomic E-state index is 13.4. The lowest BCUT2D eigenvalue weighted by Gasteiger charge is -2.12. The largest absolute Gasteiger partial charge is 0.319 e. The van der Waals surface area contributed by atoms with Crippen molar-refractivity contribution >= 4 is 0 Å². The molecule has 1 aromatic heterocycles. The van der Waals surface area contributed by atoms with Gasteiger partial charge in [-0.05, 0) is 18.2 Å². The maximum Gasteiger partial charge on any atom is 0.131 e. The van der Waals surface area contributed by atoms with Gasteiger partial charge in [0, 0.05) is 17.8 Å². The van der Waals surface area contributed by atoms with Gasteiger partial charge in [0.1, 0.15) is 11.6 Å². The number of nitrogens with two attached hydrogens (primary N) is 1. The predicted molar refractivity (Wildman–Crippen MR) is 56.6 cm³/mol. The third-order valence-electron chi connectivity index (χ3n) is 2.30. The second-order valence-electron chi connectivity index (χ2n) is 3.40. The van der Waals surface area contributed by atoms with E-state index in [1.54, 1.807) is 24.4 Å². The number of nitrogens with zero attached hydrogens (tertiary/aromatic N) is 1. The van der Waals surface area contributed by atoms with Gasteiger partial charge in [-0.25, -0.2) is 8.78 Å². The fourth-order valence-electron chi connectivity index (χ4n) is 1.47. The highest BCUT2D eigenvalue weighted by Gasteiger charge is 2.14. The van der Waals surface area contributed by atoms with Crippen LogP contribution in [0.2, 0.25) is 0 Å². The van der Waals surface area contributed by atoms with E-state index in [4.69, 9.17) is 5.73 Å². The van der Waals surface area contributed by atoms with Crippen LogP contribution in [0.15, 0.2) is 42.6 Å². The van der Waals surface area contributed by atoms with E-state index < -0.39 is 17.7 Å². The lowest BCUT2D eigenvalue weighted by molar-refractivity contribution is 0.564. The molecule has 82 valence electrons. The van der Waals surface area contributed by atoms with Crippen LogP contribution in [-0.2, 0) is 0 Å². The van der Waals surface area contributed by atoms with Gasteiger partial charge in [0.2, 0.25) is 0 Å². The van der Waals surface area contributed by atoms with Crippen molar-refractivity contribution < 1.29 is 8.78 Å². The minimum absolute atomic E-state index is 0.236. The fourth-order valence-corrected chi connectivity index (χ4v) is 1.47. The average molecular weight is 220 g/mol. The van der Waals surface area contributed by atoms with E-state index in [0.29, 0.717) is 5.69 Å².